The molecule has 1 saturated carbocycles. The Morgan fingerprint density at radius 3 is 2.72 bits per heavy atom. The summed E-state index contributed by atoms with van der Waals surface area (Å²) in [5.41, 5.74) is 4.06. The summed E-state index contributed by atoms with van der Waals surface area (Å²) < 4.78 is 7.66. The van der Waals surface area contributed by atoms with Gasteiger partial charge in [0.05, 0.1) is 24.3 Å². The van der Waals surface area contributed by atoms with E-state index >= 15 is 0 Å². The van der Waals surface area contributed by atoms with Crippen molar-refractivity contribution in [1.29, 1.82) is 0 Å². The van der Waals surface area contributed by atoms with E-state index < -0.39 is 0 Å². The van der Waals surface area contributed by atoms with Crippen LogP contribution >= 0.6 is 0 Å². The molecular formula is C24H27N3O2. The van der Waals surface area contributed by atoms with Gasteiger partial charge in [0.1, 0.15) is 5.52 Å². The van der Waals surface area contributed by atoms with Crippen LogP contribution in [0.1, 0.15) is 41.1 Å². The van der Waals surface area contributed by atoms with Crippen molar-refractivity contribution in [2.24, 2.45) is 5.92 Å². The average molecular weight is 389 g/mol. The molecule has 1 aliphatic heterocycles. The molecule has 5 rings (SSSR count). The average Bonchev–Trinajstić information content (AvgIpc) is 3.40. The lowest BCUT2D eigenvalue weighted by atomic mass is 9.96. The van der Waals surface area contributed by atoms with Gasteiger partial charge in [0.25, 0.3) is 5.91 Å². The number of hydrogen-bond acceptors (Lipinski definition) is 3. The number of fused-ring (bicyclic) bond motifs is 1. The molecule has 2 fully saturated rings. The smallest absolute Gasteiger partial charge is 0.257 e. The number of pyridine rings is 1. The molecule has 2 unspecified atom stereocenters. The Hall–Kier alpha value is -2.66. The number of carbonyl (C=O) groups is 1. The highest BCUT2D eigenvalue weighted by Gasteiger charge is 2.28. The fourth-order valence-corrected chi connectivity index (χ4v) is 4.91. The zero-order valence-electron chi connectivity index (χ0n) is 16.7. The standard InChI is InChI=1S/C24H27N3O2/c28-24(26-11-13-29-14-12-26)21-17-27(22-7-4-10-25-23(21)22)16-18-8-9-20(15-18)19-5-2-1-3-6-19/h1-7,10,17-18,20H,8-9,11-16H2. The normalized spacial score (nSPS) is 22.3. The molecule has 1 aliphatic carbocycles. The van der Waals surface area contributed by atoms with Crippen LogP contribution in [-0.2, 0) is 11.3 Å². The van der Waals surface area contributed by atoms with Crippen molar-refractivity contribution in [2.45, 2.75) is 31.7 Å². The highest BCUT2D eigenvalue weighted by atomic mass is 16.5. The Morgan fingerprint density at radius 1 is 1.07 bits per heavy atom. The molecule has 0 bridgehead atoms. The summed E-state index contributed by atoms with van der Waals surface area (Å²) in [7, 11) is 0. The molecular weight excluding hydrogens is 362 g/mol. The predicted molar refractivity (Wildman–Crippen MR) is 113 cm³/mol. The maximum Gasteiger partial charge on any atom is 0.257 e. The van der Waals surface area contributed by atoms with E-state index in [1.165, 1.54) is 24.8 Å². The van der Waals surface area contributed by atoms with Gasteiger partial charge in [-0.15, -0.1) is 0 Å². The van der Waals surface area contributed by atoms with Crippen LogP contribution in [0.2, 0.25) is 0 Å². The van der Waals surface area contributed by atoms with Crippen LogP contribution in [0.4, 0.5) is 0 Å². The van der Waals surface area contributed by atoms with Gasteiger partial charge >= 0.3 is 0 Å². The Balaban J connectivity index is 1.37. The van der Waals surface area contributed by atoms with Crippen LogP contribution in [0.3, 0.4) is 0 Å². The Morgan fingerprint density at radius 2 is 1.90 bits per heavy atom. The third-order valence-electron chi connectivity index (χ3n) is 6.43. The number of benzene rings is 1. The van der Waals surface area contributed by atoms with Gasteiger partial charge in [-0.1, -0.05) is 30.3 Å². The Labute approximate surface area is 171 Å². The molecule has 1 saturated heterocycles. The van der Waals surface area contributed by atoms with E-state index in [0.29, 0.717) is 38.1 Å². The van der Waals surface area contributed by atoms with Gasteiger partial charge in [0.15, 0.2) is 0 Å². The minimum absolute atomic E-state index is 0.0735. The highest BCUT2D eigenvalue weighted by molar-refractivity contribution is 6.05. The van der Waals surface area contributed by atoms with Gasteiger partial charge in [0.2, 0.25) is 0 Å². The lowest BCUT2D eigenvalue weighted by molar-refractivity contribution is 0.0304. The molecule has 5 heteroatoms. The van der Waals surface area contributed by atoms with Crippen LogP contribution in [-0.4, -0.2) is 46.7 Å². The fourth-order valence-electron chi connectivity index (χ4n) is 4.91. The van der Waals surface area contributed by atoms with E-state index in [-0.39, 0.29) is 5.91 Å². The topological polar surface area (TPSA) is 47.4 Å². The molecule has 1 aromatic carbocycles. The number of aromatic nitrogens is 2. The molecule has 29 heavy (non-hydrogen) atoms. The molecule has 3 heterocycles. The molecule has 3 aromatic rings. The van der Waals surface area contributed by atoms with E-state index in [1.54, 1.807) is 6.20 Å². The maximum atomic E-state index is 13.1. The first-order chi connectivity index (χ1) is 14.3. The molecule has 2 atom stereocenters. The zero-order chi connectivity index (χ0) is 19.6. The van der Waals surface area contributed by atoms with Gasteiger partial charge in [0, 0.05) is 32.0 Å². The van der Waals surface area contributed by atoms with Crippen LogP contribution in [0.25, 0.3) is 11.0 Å². The quantitative estimate of drug-likeness (QED) is 0.675. The molecule has 2 aromatic heterocycles. The van der Waals surface area contributed by atoms with Crippen molar-refractivity contribution in [1.82, 2.24) is 14.5 Å². The maximum absolute atomic E-state index is 13.1. The summed E-state index contributed by atoms with van der Waals surface area (Å²) in [6.07, 6.45) is 7.49. The van der Waals surface area contributed by atoms with Crippen molar-refractivity contribution < 1.29 is 9.53 Å². The van der Waals surface area contributed by atoms with Gasteiger partial charge in [-0.2, -0.15) is 0 Å². The van der Waals surface area contributed by atoms with Gasteiger partial charge in [-0.25, -0.2) is 0 Å². The molecule has 2 aliphatic rings. The van der Waals surface area contributed by atoms with Crippen molar-refractivity contribution in [3.05, 3.63) is 66.0 Å². The summed E-state index contributed by atoms with van der Waals surface area (Å²) in [4.78, 5) is 19.6. The monoisotopic (exact) mass is 389 g/mol. The van der Waals surface area contributed by atoms with Gasteiger partial charge in [-0.3, -0.25) is 9.78 Å². The highest BCUT2D eigenvalue weighted by Crippen LogP contribution is 2.39. The van der Waals surface area contributed by atoms with Gasteiger partial charge < -0.3 is 14.2 Å². The third kappa shape index (κ3) is 3.67. The number of morpholine rings is 1. The van der Waals surface area contributed by atoms with E-state index in [9.17, 15) is 4.79 Å². The third-order valence-corrected chi connectivity index (χ3v) is 6.43. The zero-order valence-corrected chi connectivity index (χ0v) is 16.7. The van der Waals surface area contributed by atoms with E-state index in [4.69, 9.17) is 4.74 Å². The summed E-state index contributed by atoms with van der Waals surface area (Å²) in [6.45, 7) is 3.48. The van der Waals surface area contributed by atoms with Crippen LogP contribution in [0, 0.1) is 5.92 Å². The van der Waals surface area contributed by atoms with Gasteiger partial charge in [-0.05, 0) is 48.8 Å². The molecule has 1 amide bonds. The number of amides is 1. The SMILES string of the molecule is O=C(c1cn(CC2CCC(c3ccccc3)C2)c2cccnc12)N1CCOCC1. The lowest BCUT2D eigenvalue weighted by Crippen LogP contribution is -2.40. The van der Waals surface area contributed by atoms with Crippen LogP contribution < -0.4 is 0 Å². The summed E-state index contributed by atoms with van der Waals surface area (Å²) in [5, 5.41) is 0. The largest absolute Gasteiger partial charge is 0.378 e. The number of nitrogens with zero attached hydrogens (tertiary/aromatic N) is 3. The Kier molecular flexibility index (Phi) is 5.06. The number of ether oxygens (including phenoxy) is 1. The molecule has 5 nitrogen and oxygen atoms in total. The van der Waals surface area contributed by atoms with Crippen LogP contribution in [0.5, 0.6) is 0 Å². The predicted octanol–water partition coefficient (Wildman–Crippen LogP) is 4.09. The van der Waals surface area contributed by atoms with Crippen molar-refractivity contribution in [3.8, 4) is 0 Å². The molecule has 0 spiro atoms. The Bertz CT molecular complexity index is 992. The minimum atomic E-state index is 0.0735. The molecule has 0 N–H and O–H groups in total. The second kappa shape index (κ2) is 7.99. The van der Waals surface area contributed by atoms with E-state index in [2.05, 4.69) is 45.9 Å². The van der Waals surface area contributed by atoms with Crippen LogP contribution in [0.15, 0.2) is 54.9 Å². The first kappa shape index (κ1) is 18.4. The number of rotatable bonds is 4. The first-order valence-corrected chi connectivity index (χ1v) is 10.7. The number of hydrogen-bond donors (Lipinski definition) is 0. The number of carbonyl (C=O) groups excluding carboxylic acids is 1. The van der Waals surface area contributed by atoms with E-state index in [1.807, 2.05) is 17.2 Å². The first-order valence-electron chi connectivity index (χ1n) is 10.7. The molecule has 0 radical (unpaired) electrons. The second-order valence-corrected chi connectivity index (χ2v) is 8.26. The summed E-state index contributed by atoms with van der Waals surface area (Å²) in [5.74, 6) is 1.35. The van der Waals surface area contributed by atoms with Crippen molar-refractivity contribution in [2.75, 3.05) is 26.3 Å². The molecule has 150 valence electrons. The lowest BCUT2D eigenvalue weighted by Gasteiger charge is -2.26. The summed E-state index contributed by atoms with van der Waals surface area (Å²) in [6, 6.07) is 14.9. The second-order valence-electron chi connectivity index (χ2n) is 8.26. The summed E-state index contributed by atoms with van der Waals surface area (Å²) >= 11 is 0. The minimum Gasteiger partial charge on any atom is -0.378 e. The van der Waals surface area contributed by atoms with Crippen molar-refractivity contribution >= 4 is 16.9 Å². The van der Waals surface area contributed by atoms with E-state index in [0.717, 1.165) is 23.1 Å². The van der Waals surface area contributed by atoms with Crippen molar-refractivity contribution in [3.63, 3.8) is 0 Å². The fraction of sp³-hybridized carbons (Fsp3) is 0.417.